The van der Waals surface area contributed by atoms with E-state index in [9.17, 15) is 13.2 Å². The average Bonchev–Trinajstić information content (AvgIpc) is 2.24. The Morgan fingerprint density at radius 3 is 1.74 bits per heavy atom. The molecule has 0 aliphatic rings. The maximum atomic E-state index is 13.1. The minimum absolute atomic E-state index is 0.130. The lowest BCUT2D eigenvalue weighted by atomic mass is 9.79. The van der Waals surface area contributed by atoms with Crippen LogP contribution >= 0.6 is 0 Å². The van der Waals surface area contributed by atoms with Crippen LogP contribution in [0, 0.1) is 29.6 Å². The fourth-order valence-electron chi connectivity index (χ4n) is 2.51. The van der Waals surface area contributed by atoms with Crippen molar-refractivity contribution in [3.8, 4) is 0 Å². The molecule has 0 nitrogen and oxygen atoms in total. The lowest BCUT2D eigenvalue weighted by Gasteiger charge is -2.29. The van der Waals surface area contributed by atoms with E-state index in [1.807, 2.05) is 6.92 Å². The predicted molar refractivity (Wildman–Crippen MR) is 76.0 cm³/mol. The summed E-state index contributed by atoms with van der Waals surface area (Å²) in [6.07, 6.45) is -1.90. The molecule has 0 saturated carbocycles. The molecule has 0 saturated heterocycles. The summed E-state index contributed by atoms with van der Waals surface area (Å²) in [7, 11) is 0. The Hall–Kier alpha value is -0.210. The molecule has 0 aromatic heterocycles. The Labute approximate surface area is 117 Å². The van der Waals surface area contributed by atoms with Crippen molar-refractivity contribution in [3.63, 3.8) is 0 Å². The van der Waals surface area contributed by atoms with Gasteiger partial charge in [-0.25, -0.2) is 0 Å². The first-order valence-electron chi connectivity index (χ1n) is 7.62. The van der Waals surface area contributed by atoms with Gasteiger partial charge in [-0.3, -0.25) is 0 Å². The summed E-state index contributed by atoms with van der Waals surface area (Å²) in [5.41, 5.74) is 0. The highest BCUT2D eigenvalue weighted by Crippen LogP contribution is 2.38. The molecule has 0 rings (SSSR count). The van der Waals surface area contributed by atoms with Crippen LogP contribution in [0.1, 0.15) is 67.2 Å². The van der Waals surface area contributed by atoms with E-state index in [1.54, 1.807) is 0 Å². The van der Waals surface area contributed by atoms with Crippen molar-refractivity contribution in [2.24, 2.45) is 29.6 Å². The van der Waals surface area contributed by atoms with Crippen molar-refractivity contribution in [2.45, 2.75) is 73.4 Å². The minimum Gasteiger partial charge on any atom is -0.171 e. The van der Waals surface area contributed by atoms with Crippen LogP contribution in [0.5, 0.6) is 0 Å². The van der Waals surface area contributed by atoms with Gasteiger partial charge >= 0.3 is 6.18 Å². The lowest BCUT2D eigenvalue weighted by molar-refractivity contribution is -0.182. The van der Waals surface area contributed by atoms with E-state index in [4.69, 9.17) is 0 Å². The van der Waals surface area contributed by atoms with Gasteiger partial charge in [0.2, 0.25) is 0 Å². The summed E-state index contributed by atoms with van der Waals surface area (Å²) < 4.78 is 39.2. The summed E-state index contributed by atoms with van der Waals surface area (Å²) >= 11 is 0. The molecule has 0 aromatic carbocycles. The maximum absolute atomic E-state index is 13.1. The first-order chi connectivity index (χ1) is 8.55. The quantitative estimate of drug-likeness (QED) is 0.488. The zero-order chi connectivity index (χ0) is 15.2. The molecule has 0 aromatic rings. The Kier molecular flexibility index (Phi) is 8.07. The normalized spacial score (nSPS) is 17.8. The summed E-state index contributed by atoms with van der Waals surface area (Å²) in [5, 5.41) is 0. The molecule has 0 fully saturated rings. The van der Waals surface area contributed by atoms with Crippen molar-refractivity contribution in [3.05, 3.63) is 0 Å². The van der Waals surface area contributed by atoms with E-state index < -0.39 is 12.1 Å². The second-order valence-electron chi connectivity index (χ2n) is 6.88. The number of rotatable bonds is 8. The fourth-order valence-corrected chi connectivity index (χ4v) is 2.51. The second kappa shape index (κ2) is 8.16. The summed E-state index contributed by atoms with van der Waals surface area (Å²) in [6.45, 7) is 12.3. The molecule has 0 amide bonds. The van der Waals surface area contributed by atoms with Gasteiger partial charge in [0.05, 0.1) is 5.92 Å². The summed E-state index contributed by atoms with van der Waals surface area (Å²) in [6, 6.07) is 0. The third kappa shape index (κ3) is 7.84. The molecule has 3 heteroatoms. The Morgan fingerprint density at radius 2 is 1.37 bits per heavy atom. The van der Waals surface area contributed by atoms with E-state index in [1.165, 1.54) is 0 Å². The molecule has 116 valence electrons. The van der Waals surface area contributed by atoms with Crippen molar-refractivity contribution in [2.75, 3.05) is 0 Å². The van der Waals surface area contributed by atoms with Crippen molar-refractivity contribution in [1.29, 1.82) is 0 Å². The number of hydrogen-bond acceptors (Lipinski definition) is 0. The smallest absolute Gasteiger partial charge is 0.171 e. The van der Waals surface area contributed by atoms with Crippen molar-refractivity contribution in [1.82, 2.24) is 0 Å². The predicted octanol–water partition coefficient (Wildman–Crippen LogP) is 6.31. The molecule has 3 atom stereocenters. The van der Waals surface area contributed by atoms with Crippen LogP contribution in [-0.2, 0) is 0 Å². The monoisotopic (exact) mass is 280 g/mol. The zero-order valence-corrected chi connectivity index (χ0v) is 13.3. The van der Waals surface area contributed by atoms with Gasteiger partial charge in [0.1, 0.15) is 0 Å². The molecule has 0 radical (unpaired) electrons. The number of halogens is 3. The van der Waals surface area contributed by atoms with Crippen LogP contribution in [0.25, 0.3) is 0 Å². The molecule has 0 heterocycles. The average molecular weight is 280 g/mol. The van der Waals surface area contributed by atoms with Gasteiger partial charge < -0.3 is 0 Å². The molecule has 0 aliphatic heterocycles. The molecule has 19 heavy (non-hydrogen) atoms. The van der Waals surface area contributed by atoms with Gasteiger partial charge in [-0.2, -0.15) is 13.2 Å². The molecule has 0 aliphatic carbocycles. The topological polar surface area (TPSA) is 0 Å². The molecule has 0 N–H and O–H groups in total. The van der Waals surface area contributed by atoms with E-state index in [0.29, 0.717) is 24.2 Å². The van der Waals surface area contributed by atoms with Crippen molar-refractivity contribution < 1.29 is 13.2 Å². The van der Waals surface area contributed by atoms with Gasteiger partial charge in [-0.15, -0.1) is 0 Å². The highest BCUT2D eigenvalue weighted by molar-refractivity contribution is 4.75. The highest BCUT2D eigenvalue weighted by Gasteiger charge is 2.40. The molecule has 2 unspecified atom stereocenters. The first-order valence-corrected chi connectivity index (χ1v) is 7.62. The first kappa shape index (κ1) is 18.8. The van der Waals surface area contributed by atoms with Crippen LogP contribution < -0.4 is 0 Å². The Morgan fingerprint density at radius 1 is 0.842 bits per heavy atom. The summed E-state index contributed by atoms with van der Waals surface area (Å²) in [5.74, 6) is 0.281. The van der Waals surface area contributed by atoms with Crippen LogP contribution in [0.4, 0.5) is 13.2 Å². The van der Waals surface area contributed by atoms with E-state index in [2.05, 4.69) is 34.6 Å². The fraction of sp³-hybridized carbons (Fsp3) is 1.00. The van der Waals surface area contributed by atoms with Gasteiger partial charge in [0.15, 0.2) is 0 Å². The van der Waals surface area contributed by atoms with E-state index in [-0.39, 0.29) is 18.8 Å². The van der Waals surface area contributed by atoms with Crippen molar-refractivity contribution >= 4 is 0 Å². The van der Waals surface area contributed by atoms with Gasteiger partial charge in [0.25, 0.3) is 0 Å². The third-order valence-electron chi connectivity index (χ3n) is 4.40. The van der Waals surface area contributed by atoms with Crippen LogP contribution in [0.3, 0.4) is 0 Å². The van der Waals surface area contributed by atoms with Gasteiger partial charge in [-0.1, -0.05) is 54.4 Å². The molecular formula is C16H31F3. The standard InChI is InChI=1S/C16H31F3/c1-11(2)8-7-9-15(16(17,18)19)10-13(5)14(6)12(3)4/h11-15H,7-10H2,1-6H3/t13?,14?,15-/m1/s1. The van der Waals surface area contributed by atoms with Crippen LogP contribution in [-0.4, -0.2) is 6.18 Å². The van der Waals surface area contributed by atoms with Gasteiger partial charge in [-0.05, 0) is 36.5 Å². The number of alkyl halides is 3. The lowest BCUT2D eigenvalue weighted by Crippen LogP contribution is -2.27. The molecular weight excluding hydrogens is 249 g/mol. The second-order valence-corrected chi connectivity index (χ2v) is 6.88. The Balaban J connectivity index is 4.44. The third-order valence-corrected chi connectivity index (χ3v) is 4.40. The van der Waals surface area contributed by atoms with E-state index in [0.717, 1.165) is 6.42 Å². The Bertz CT molecular complexity index is 231. The molecule has 0 bridgehead atoms. The maximum Gasteiger partial charge on any atom is 0.391 e. The highest BCUT2D eigenvalue weighted by atomic mass is 19.4. The van der Waals surface area contributed by atoms with Crippen LogP contribution in [0.2, 0.25) is 0 Å². The van der Waals surface area contributed by atoms with Crippen LogP contribution in [0.15, 0.2) is 0 Å². The molecule has 0 spiro atoms. The number of hydrogen-bond donors (Lipinski definition) is 0. The minimum atomic E-state index is -4.04. The van der Waals surface area contributed by atoms with Gasteiger partial charge in [0, 0.05) is 0 Å². The van der Waals surface area contributed by atoms with E-state index >= 15 is 0 Å². The summed E-state index contributed by atoms with van der Waals surface area (Å²) in [4.78, 5) is 0. The zero-order valence-electron chi connectivity index (χ0n) is 13.3. The SMILES string of the molecule is CC(C)CCC[C@H](CC(C)C(C)C(C)C)C(F)(F)F. The largest absolute Gasteiger partial charge is 0.391 e.